The predicted molar refractivity (Wildman–Crippen MR) is 155 cm³/mol. The fourth-order valence-electron chi connectivity index (χ4n) is 6.02. The van der Waals surface area contributed by atoms with Crippen molar-refractivity contribution < 1.29 is 9.53 Å². The molecule has 2 saturated heterocycles. The summed E-state index contributed by atoms with van der Waals surface area (Å²) in [5, 5.41) is 0. The molecule has 0 saturated carbocycles. The number of carbonyl (C=O) groups is 1. The van der Waals surface area contributed by atoms with Gasteiger partial charge in [-0.2, -0.15) is 0 Å². The van der Waals surface area contributed by atoms with Crippen molar-refractivity contribution in [2.24, 2.45) is 5.92 Å². The number of rotatable bonds is 7. The summed E-state index contributed by atoms with van der Waals surface area (Å²) in [4.78, 5) is 25.5. The van der Waals surface area contributed by atoms with Crippen LogP contribution in [0.1, 0.15) is 24.2 Å². The monoisotopic (exact) mass is 523 g/mol. The average molecular weight is 524 g/mol. The summed E-state index contributed by atoms with van der Waals surface area (Å²) in [6.45, 7) is 6.66. The van der Waals surface area contributed by atoms with E-state index < -0.39 is 0 Å². The van der Waals surface area contributed by atoms with E-state index in [1.54, 1.807) is 7.11 Å². The van der Waals surface area contributed by atoms with Gasteiger partial charge in [0.05, 0.1) is 30.6 Å². The minimum absolute atomic E-state index is 0.0569. The molecule has 4 aromatic rings. The van der Waals surface area contributed by atoms with Gasteiger partial charge in [-0.3, -0.25) is 9.69 Å². The summed E-state index contributed by atoms with van der Waals surface area (Å²) in [6.07, 6.45) is 2.01. The van der Waals surface area contributed by atoms with E-state index in [4.69, 9.17) is 9.72 Å². The highest BCUT2D eigenvalue weighted by Gasteiger charge is 2.31. The number of likely N-dealkylation sites (tertiary alicyclic amines) is 1. The minimum atomic E-state index is 0.0569. The molecule has 7 heteroatoms. The van der Waals surface area contributed by atoms with Crippen molar-refractivity contribution in [3.8, 4) is 5.75 Å². The number of ether oxygens (including phenoxy) is 1. The number of carbonyl (C=O) groups excluding carboxylic acids is 1. The second-order valence-corrected chi connectivity index (χ2v) is 10.7. The van der Waals surface area contributed by atoms with Crippen LogP contribution in [0.5, 0.6) is 5.75 Å². The quantitative estimate of drug-likeness (QED) is 0.353. The van der Waals surface area contributed by atoms with Gasteiger partial charge in [-0.25, -0.2) is 4.98 Å². The molecule has 6 rings (SSSR count). The molecule has 0 unspecified atom stereocenters. The predicted octanol–water partition coefficient (Wildman–Crippen LogP) is 4.65. The van der Waals surface area contributed by atoms with Crippen molar-refractivity contribution in [1.29, 1.82) is 0 Å². The van der Waals surface area contributed by atoms with E-state index in [-0.39, 0.29) is 5.92 Å². The van der Waals surface area contributed by atoms with Crippen LogP contribution in [0.2, 0.25) is 0 Å². The summed E-state index contributed by atoms with van der Waals surface area (Å²) >= 11 is 0. The molecule has 3 aromatic carbocycles. The van der Waals surface area contributed by atoms with E-state index in [2.05, 4.69) is 73.9 Å². The minimum Gasteiger partial charge on any atom is -0.497 e. The number of imidazole rings is 1. The fraction of sp³-hybridized carbons (Fsp3) is 0.375. The zero-order valence-electron chi connectivity index (χ0n) is 22.7. The number of fused-ring (bicyclic) bond motifs is 1. The van der Waals surface area contributed by atoms with Crippen molar-refractivity contribution in [1.82, 2.24) is 19.4 Å². The Balaban J connectivity index is 1.12. The largest absolute Gasteiger partial charge is 0.497 e. The maximum atomic E-state index is 13.5. The lowest BCUT2D eigenvalue weighted by atomic mass is 9.96. The highest BCUT2D eigenvalue weighted by Crippen LogP contribution is 2.25. The molecule has 0 bridgehead atoms. The molecule has 1 amide bonds. The molecular formula is C32H37N5O2. The summed E-state index contributed by atoms with van der Waals surface area (Å²) < 4.78 is 7.66. The number of methoxy groups -OCH3 is 1. The number of aromatic nitrogens is 2. The molecule has 0 spiro atoms. The molecule has 2 aliphatic rings. The molecule has 7 nitrogen and oxygen atoms in total. The fourth-order valence-corrected chi connectivity index (χ4v) is 6.02. The number of hydrogen-bond donors (Lipinski definition) is 0. The number of nitrogens with zero attached hydrogens (tertiary/aromatic N) is 5. The van der Waals surface area contributed by atoms with E-state index >= 15 is 0 Å². The normalized spacial score (nSPS) is 18.4. The second kappa shape index (κ2) is 11.5. The van der Waals surface area contributed by atoms with Crippen LogP contribution in [-0.4, -0.2) is 71.6 Å². The summed E-state index contributed by atoms with van der Waals surface area (Å²) in [7, 11) is 1.69. The molecule has 0 aliphatic carbocycles. The number of anilines is 1. The Bertz CT molecular complexity index is 1390. The van der Waals surface area contributed by atoms with E-state index in [0.717, 1.165) is 87.8 Å². The molecule has 2 fully saturated rings. The third-order valence-corrected chi connectivity index (χ3v) is 8.17. The first kappa shape index (κ1) is 25.4. The van der Waals surface area contributed by atoms with Gasteiger partial charge in [-0.1, -0.05) is 42.5 Å². The van der Waals surface area contributed by atoms with Crippen LogP contribution in [0.4, 0.5) is 5.69 Å². The Hall–Kier alpha value is -3.84. The van der Waals surface area contributed by atoms with Gasteiger partial charge in [-0.15, -0.1) is 0 Å². The van der Waals surface area contributed by atoms with Gasteiger partial charge < -0.3 is 19.1 Å². The number of para-hydroxylation sites is 3. The van der Waals surface area contributed by atoms with E-state index in [9.17, 15) is 4.79 Å². The number of benzene rings is 3. The Labute approximate surface area is 230 Å². The lowest BCUT2D eigenvalue weighted by Crippen LogP contribution is -2.52. The highest BCUT2D eigenvalue weighted by atomic mass is 16.5. The van der Waals surface area contributed by atoms with Crippen molar-refractivity contribution in [3.63, 3.8) is 0 Å². The average Bonchev–Trinajstić information content (AvgIpc) is 3.34. The van der Waals surface area contributed by atoms with Crippen molar-refractivity contribution in [2.75, 3.05) is 51.3 Å². The smallest absolute Gasteiger partial charge is 0.227 e. The van der Waals surface area contributed by atoms with Gasteiger partial charge in [0.25, 0.3) is 0 Å². The van der Waals surface area contributed by atoms with Crippen LogP contribution in [0.3, 0.4) is 0 Å². The standard InChI is InChI=1S/C32H37N5O2/c1-39-28-15-13-25(14-16-28)22-37-30-12-6-5-11-29(30)33-31(37)24-34-17-7-8-26(23-34)32(38)36-20-18-35(19-21-36)27-9-3-2-4-10-27/h2-6,9-16,26H,7-8,17-24H2,1H3/t26-/m1/s1. The molecule has 39 heavy (non-hydrogen) atoms. The topological polar surface area (TPSA) is 53.8 Å². The highest BCUT2D eigenvalue weighted by molar-refractivity contribution is 5.79. The second-order valence-electron chi connectivity index (χ2n) is 10.7. The molecule has 202 valence electrons. The van der Waals surface area contributed by atoms with E-state index in [0.29, 0.717) is 5.91 Å². The van der Waals surface area contributed by atoms with Crippen molar-refractivity contribution in [2.45, 2.75) is 25.9 Å². The van der Waals surface area contributed by atoms with E-state index in [1.165, 1.54) is 11.3 Å². The van der Waals surface area contributed by atoms with Gasteiger partial charge in [0.1, 0.15) is 11.6 Å². The molecule has 1 aromatic heterocycles. The van der Waals surface area contributed by atoms with Crippen LogP contribution < -0.4 is 9.64 Å². The molecular weight excluding hydrogens is 486 g/mol. The first-order chi connectivity index (χ1) is 19.2. The number of piperazine rings is 1. The first-order valence-electron chi connectivity index (χ1n) is 14.1. The SMILES string of the molecule is COc1ccc(Cn2c(CN3CCC[C@@H](C(=O)N4CCN(c5ccccc5)CC4)C3)nc3ccccc32)cc1. The first-order valence-corrected chi connectivity index (χ1v) is 14.1. The number of piperidine rings is 1. The van der Waals surface area contributed by atoms with Gasteiger partial charge in [0.2, 0.25) is 5.91 Å². The Kier molecular flexibility index (Phi) is 7.50. The maximum absolute atomic E-state index is 13.5. The van der Waals surface area contributed by atoms with Crippen LogP contribution in [0.15, 0.2) is 78.9 Å². The van der Waals surface area contributed by atoms with Crippen molar-refractivity contribution >= 4 is 22.6 Å². The summed E-state index contributed by atoms with van der Waals surface area (Å²) in [6, 6.07) is 27.1. The lowest BCUT2D eigenvalue weighted by molar-refractivity contribution is -0.137. The Morgan fingerprint density at radius 2 is 1.62 bits per heavy atom. The summed E-state index contributed by atoms with van der Waals surface area (Å²) in [5.74, 6) is 2.29. The number of hydrogen-bond acceptors (Lipinski definition) is 5. The van der Waals surface area contributed by atoms with Crippen LogP contribution in [-0.2, 0) is 17.9 Å². The molecule has 0 radical (unpaired) electrons. The third kappa shape index (κ3) is 5.64. The zero-order valence-corrected chi connectivity index (χ0v) is 22.7. The summed E-state index contributed by atoms with van der Waals surface area (Å²) in [5.41, 5.74) is 4.61. The van der Waals surface area contributed by atoms with Crippen LogP contribution in [0.25, 0.3) is 11.0 Å². The lowest BCUT2D eigenvalue weighted by Gasteiger charge is -2.39. The van der Waals surface area contributed by atoms with Gasteiger partial charge in [0.15, 0.2) is 0 Å². The van der Waals surface area contributed by atoms with Gasteiger partial charge in [-0.05, 0) is 61.3 Å². The van der Waals surface area contributed by atoms with Crippen molar-refractivity contribution in [3.05, 3.63) is 90.3 Å². The van der Waals surface area contributed by atoms with Gasteiger partial charge in [0, 0.05) is 45.0 Å². The third-order valence-electron chi connectivity index (χ3n) is 8.17. The zero-order chi connectivity index (χ0) is 26.6. The molecule has 0 N–H and O–H groups in total. The molecule has 3 heterocycles. The van der Waals surface area contributed by atoms with Gasteiger partial charge >= 0.3 is 0 Å². The Morgan fingerprint density at radius 3 is 2.38 bits per heavy atom. The molecule has 2 aliphatic heterocycles. The number of amides is 1. The van der Waals surface area contributed by atoms with Crippen LogP contribution in [0, 0.1) is 5.92 Å². The maximum Gasteiger partial charge on any atom is 0.227 e. The Morgan fingerprint density at radius 1 is 0.872 bits per heavy atom. The van der Waals surface area contributed by atoms with E-state index in [1.807, 2.05) is 24.3 Å². The molecule has 1 atom stereocenters. The van der Waals surface area contributed by atoms with Crippen LogP contribution >= 0.6 is 0 Å².